The van der Waals surface area contributed by atoms with Crippen LogP contribution in [0.15, 0.2) is 42.5 Å². The molecular weight excluding hydrogens is 312 g/mol. The van der Waals surface area contributed by atoms with E-state index in [9.17, 15) is 4.79 Å². The Bertz CT molecular complexity index is 772. The molecule has 130 valence electrons. The van der Waals surface area contributed by atoms with Crippen molar-refractivity contribution in [2.75, 3.05) is 13.2 Å². The molecule has 2 aromatic rings. The van der Waals surface area contributed by atoms with Crippen molar-refractivity contribution in [2.24, 2.45) is 0 Å². The Balaban J connectivity index is 1.31. The number of benzene rings is 2. The van der Waals surface area contributed by atoms with Crippen LogP contribution in [0.25, 0.3) is 0 Å². The van der Waals surface area contributed by atoms with Crippen molar-refractivity contribution in [2.45, 2.75) is 38.1 Å². The van der Waals surface area contributed by atoms with E-state index in [2.05, 4.69) is 41.0 Å². The molecule has 0 bridgehead atoms. The number of carbonyl (C=O) groups is 1. The molecular formula is C21H24N2O2. The van der Waals surface area contributed by atoms with Gasteiger partial charge in [-0.05, 0) is 36.0 Å². The molecule has 2 aromatic carbocycles. The number of hydrogen-bond donors (Lipinski definition) is 2. The van der Waals surface area contributed by atoms with Crippen molar-refractivity contribution in [3.8, 4) is 5.75 Å². The summed E-state index contributed by atoms with van der Waals surface area (Å²) in [6.45, 7) is 1.92. The van der Waals surface area contributed by atoms with Crippen LogP contribution >= 0.6 is 0 Å². The van der Waals surface area contributed by atoms with Crippen LogP contribution in [0, 0.1) is 0 Å². The molecule has 2 amide bonds. The van der Waals surface area contributed by atoms with Gasteiger partial charge in [-0.3, -0.25) is 0 Å². The lowest BCUT2D eigenvalue weighted by Gasteiger charge is -2.25. The van der Waals surface area contributed by atoms with Crippen molar-refractivity contribution in [3.05, 3.63) is 64.7 Å². The highest BCUT2D eigenvalue weighted by atomic mass is 16.5. The largest absolute Gasteiger partial charge is 0.493 e. The number of amides is 2. The van der Waals surface area contributed by atoms with Crippen LogP contribution in [0.3, 0.4) is 0 Å². The van der Waals surface area contributed by atoms with Crippen LogP contribution < -0.4 is 15.4 Å². The zero-order chi connectivity index (χ0) is 17.1. The van der Waals surface area contributed by atoms with Gasteiger partial charge in [0, 0.05) is 31.0 Å². The molecule has 0 radical (unpaired) electrons. The fourth-order valence-electron chi connectivity index (χ4n) is 3.94. The lowest BCUT2D eigenvalue weighted by molar-refractivity contribution is 0.239. The number of para-hydroxylation sites is 1. The summed E-state index contributed by atoms with van der Waals surface area (Å²) in [4.78, 5) is 12.2. The fourth-order valence-corrected chi connectivity index (χ4v) is 3.94. The zero-order valence-electron chi connectivity index (χ0n) is 14.4. The van der Waals surface area contributed by atoms with Gasteiger partial charge in [-0.25, -0.2) is 4.79 Å². The number of carbonyl (C=O) groups excluding carboxylic acids is 1. The van der Waals surface area contributed by atoms with E-state index < -0.39 is 0 Å². The third-order valence-corrected chi connectivity index (χ3v) is 5.24. The summed E-state index contributed by atoms with van der Waals surface area (Å²) in [5.41, 5.74) is 5.10. The highest BCUT2D eigenvalue weighted by Gasteiger charge is 2.20. The second-order valence-corrected chi connectivity index (χ2v) is 6.86. The van der Waals surface area contributed by atoms with E-state index in [-0.39, 0.29) is 6.03 Å². The first-order chi connectivity index (χ1) is 12.3. The number of hydrogen-bond acceptors (Lipinski definition) is 2. The first kappa shape index (κ1) is 16.0. The van der Waals surface area contributed by atoms with Gasteiger partial charge in [0.1, 0.15) is 5.75 Å². The Labute approximate surface area is 148 Å². The number of urea groups is 1. The molecule has 0 saturated heterocycles. The van der Waals surface area contributed by atoms with Gasteiger partial charge in [-0.2, -0.15) is 0 Å². The maximum Gasteiger partial charge on any atom is 0.315 e. The lowest BCUT2D eigenvalue weighted by atomic mass is 9.83. The molecule has 25 heavy (non-hydrogen) atoms. The van der Waals surface area contributed by atoms with Crippen molar-refractivity contribution in [1.29, 1.82) is 0 Å². The highest BCUT2D eigenvalue weighted by molar-refractivity contribution is 5.74. The monoisotopic (exact) mass is 336 g/mol. The quantitative estimate of drug-likeness (QED) is 0.897. The van der Waals surface area contributed by atoms with Crippen LogP contribution in [0.2, 0.25) is 0 Å². The van der Waals surface area contributed by atoms with E-state index in [1.807, 2.05) is 12.1 Å². The minimum Gasteiger partial charge on any atom is -0.493 e. The molecule has 0 saturated carbocycles. The summed E-state index contributed by atoms with van der Waals surface area (Å²) in [7, 11) is 0. The van der Waals surface area contributed by atoms with E-state index in [1.165, 1.54) is 23.1 Å². The van der Waals surface area contributed by atoms with Crippen molar-refractivity contribution in [3.63, 3.8) is 0 Å². The van der Waals surface area contributed by atoms with Crippen molar-refractivity contribution in [1.82, 2.24) is 10.6 Å². The minimum atomic E-state index is -0.112. The molecule has 1 aliphatic heterocycles. The Hall–Kier alpha value is -2.49. The Morgan fingerprint density at radius 1 is 1.04 bits per heavy atom. The number of rotatable bonds is 4. The number of nitrogens with one attached hydrogen (secondary N) is 2. The molecule has 2 aliphatic rings. The predicted molar refractivity (Wildman–Crippen MR) is 98.0 cm³/mol. The fraction of sp³-hybridized carbons (Fsp3) is 0.381. The molecule has 0 fully saturated rings. The molecule has 1 unspecified atom stereocenters. The Morgan fingerprint density at radius 3 is 2.88 bits per heavy atom. The number of fused-ring (bicyclic) bond motifs is 2. The normalized spacial score (nSPS) is 18.0. The number of ether oxygens (including phenoxy) is 1. The van der Waals surface area contributed by atoms with Gasteiger partial charge in [-0.1, -0.05) is 42.5 Å². The second-order valence-electron chi connectivity index (χ2n) is 6.86. The molecule has 2 N–H and O–H groups in total. The second kappa shape index (κ2) is 7.18. The van der Waals surface area contributed by atoms with E-state index in [1.54, 1.807) is 0 Å². The summed E-state index contributed by atoms with van der Waals surface area (Å²) >= 11 is 0. The summed E-state index contributed by atoms with van der Waals surface area (Å²) < 4.78 is 5.68. The molecule has 4 nitrogen and oxygen atoms in total. The third kappa shape index (κ3) is 3.48. The third-order valence-electron chi connectivity index (χ3n) is 5.24. The minimum absolute atomic E-state index is 0.112. The smallest absolute Gasteiger partial charge is 0.315 e. The van der Waals surface area contributed by atoms with E-state index in [0.29, 0.717) is 19.0 Å². The van der Waals surface area contributed by atoms with Crippen LogP contribution in [0.5, 0.6) is 5.75 Å². The van der Waals surface area contributed by atoms with Crippen LogP contribution in [-0.4, -0.2) is 19.2 Å². The van der Waals surface area contributed by atoms with E-state index in [4.69, 9.17) is 4.74 Å². The Morgan fingerprint density at radius 2 is 1.92 bits per heavy atom. The first-order valence-corrected chi connectivity index (χ1v) is 9.14. The van der Waals surface area contributed by atoms with Crippen LogP contribution in [0.1, 0.15) is 41.0 Å². The average molecular weight is 336 g/mol. The maximum absolute atomic E-state index is 12.2. The van der Waals surface area contributed by atoms with Gasteiger partial charge in [0.15, 0.2) is 0 Å². The van der Waals surface area contributed by atoms with Gasteiger partial charge < -0.3 is 15.4 Å². The molecule has 0 aromatic heterocycles. The molecule has 1 atom stereocenters. The standard InChI is InChI=1S/C21H24N2O2/c24-21(23-14-18-9-4-7-16-11-12-25-20(16)18)22-13-17-8-3-6-15-5-1-2-10-19(15)17/h1-2,4-5,7,9-10,17H,3,6,8,11-14H2,(H2,22,23,24). The van der Waals surface area contributed by atoms with Gasteiger partial charge >= 0.3 is 6.03 Å². The van der Waals surface area contributed by atoms with Crippen LogP contribution in [-0.2, 0) is 19.4 Å². The molecule has 1 aliphatic carbocycles. The van der Waals surface area contributed by atoms with E-state index in [0.717, 1.165) is 37.2 Å². The summed E-state index contributed by atoms with van der Waals surface area (Å²) in [5, 5.41) is 6.00. The van der Waals surface area contributed by atoms with Gasteiger partial charge in [-0.15, -0.1) is 0 Å². The molecule has 4 heteroatoms. The average Bonchev–Trinajstić information content (AvgIpc) is 3.14. The van der Waals surface area contributed by atoms with Gasteiger partial charge in [0.25, 0.3) is 0 Å². The van der Waals surface area contributed by atoms with Crippen molar-refractivity contribution >= 4 is 6.03 Å². The Kier molecular flexibility index (Phi) is 4.59. The molecule has 4 rings (SSSR count). The summed E-state index contributed by atoms with van der Waals surface area (Å²) in [6, 6.07) is 14.6. The predicted octanol–water partition coefficient (Wildman–Crippen LogP) is 3.54. The van der Waals surface area contributed by atoms with Gasteiger partial charge in [0.05, 0.1) is 6.61 Å². The summed E-state index contributed by atoms with van der Waals surface area (Å²) in [6.07, 6.45) is 4.43. The van der Waals surface area contributed by atoms with Gasteiger partial charge in [0.2, 0.25) is 0 Å². The molecule has 0 spiro atoms. The molecule has 1 heterocycles. The zero-order valence-corrected chi connectivity index (χ0v) is 14.4. The van der Waals surface area contributed by atoms with E-state index >= 15 is 0 Å². The topological polar surface area (TPSA) is 50.4 Å². The number of aryl methyl sites for hydroxylation is 1. The summed E-state index contributed by atoms with van der Waals surface area (Å²) in [5.74, 6) is 1.36. The first-order valence-electron chi connectivity index (χ1n) is 9.14. The highest BCUT2D eigenvalue weighted by Crippen LogP contribution is 2.31. The SMILES string of the molecule is O=C(NCc1cccc2c1OCC2)NCC1CCCc2ccccc21. The lowest BCUT2D eigenvalue weighted by Crippen LogP contribution is -2.38. The maximum atomic E-state index is 12.2. The van der Waals surface area contributed by atoms with Crippen molar-refractivity contribution < 1.29 is 9.53 Å². The van der Waals surface area contributed by atoms with Crippen LogP contribution in [0.4, 0.5) is 4.79 Å².